The Morgan fingerprint density at radius 3 is 2.80 bits per heavy atom. The molecule has 2 unspecified atom stereocenters. The van der Waals surface area contributed by atoms with Crippen LogP contribution in [0.15, 0.2) is 0 Å². The highest BCUT2D eigenvalue weighted by Crippen LogP contribution is 2.23. The number of rotatable bonds is 2. The molecule has 1 aliphatic carbocycles. The number of Topliss-reactive ketones (excluding diaryl/α,β-unsaturated/α-hetero) is 1. The molecule has 2 aliphatic rings. The van der Waals surface area contributed by atoms with Crippen LogP contribution in [0.2, 0.25) is 0 Å². The highest BCUT2D eigenvalue weighted by atomic mass is 16.1. The Bertz CT molecular complexity index is 242. The fourth-order valence-electron chi connectivity index (χ4n) is 2.81. The predicted molar refractivity (Wildman–Crippen MR) is 60.9 cm³/mol. The third-order valence-electron chi connectivity index (χ3n) is 3.85. The van der Waals surface area contributed by atoms with Crippen LogP contribution in [0.25, 0.3) is 0 Å². The molecule has 0 radical (unpaired) electrons. The Hall–Kier alpha value is -0.410. The second kappa shape index (κ2) is 4.62. The van der Waals surface area contributed by atoms with Crippen LogP contribution in [-0.4, -0.2) is 54.9 Å². The average molecular weight is 210 g/mol. The summed E-state index contributed by atoms with van der Waals surface area (Å²) in [5.41, 5.74) is 0. The minimum atomic E-state index is 0.343. The molecule has 0 N–H and O–H groups in total. The molecule has 1 aliphatic heterocycles. The Balaban J connectivity index is 1.86. The first-order valence-electron chi connectivity index (χ1n) is 6.12. The summed E-state index contributed by atoms with van der Waals surface area (Å²) in [5.74, 6) is 0.844. The van der Waals surface area contributed by atoms with E-state index in [1.165, 1.54) is 0 Å². The summed E-state index contributed by atoms with van der Waals surface area (Å²) < 4.78 is 0. The number of piperazine rings is 1. The van der Waals surface area contributed by atoms with Crippen LogP contribution in [0.5, 0.6) is 0 Å². The number of carbonyl (C=O) groups is 1. The lowest BCUT2D eigenvalue weighted by molar-refractivity contribution is -0.121. The zero-order valence-corrected chi connectivity index (χ0v) is 9.91. The van der Waals surface area contributed by atoms with E-state index in [0.29, 0.717) is 17.7 Å². The predicted octanol–water partition coefficient (Wildman–Crippen LogP) is 0.991. The molecule has 1 saturated carbocycles. The van der Waals surface area contributed by atoms with Crippen molar-refractivity contribution in [3.8, 4) is 0 Å². The van der Waals surface area contributed by atoms with Crippen molar-refractivity contribution in [1.29, 1.82) is 0 Å². The van der Waals surface area contributed by atoms with Gasteiger partial charge in [-0.25, -0.2) is 0 Å². The summed E-state index contributed by atoms with van der Waals surface area (Å²) in [4.78, 5) is 16.4. The lowest BCUT2D eigenvalue weighted by Crippen LogP contribution is -2.51. The highest BCUT2D eigenvalue weighted by Gasteiger charge is 2.29. The molecule has 1 saturated heterocycles. The van der Waals surface area contributed by atoms with Crippen LogP contribution >= 0.6 is 0 Å². The number of likely N-dealkylation sites (N-methyl/N-ethyl adjacent to an activating group) is 1. The average Bonchev–Trinajstić information content (AvgIpc) is 2.57. The summed E-state index contributed by atoms with van der Waals surface area (Å²) in [7, 11) is 2.18. The molecule has 0 aromatic rings. The van der Waals surface area contributed by atoms with Gasteiger partial charge in [0.25, 0.3) is 0 Å². The minimum absolute atomic E-state index is 0.343. The van der Waals surface area contributed by atoms with Crippen LogP contribution in [0, 0.1) is 5.92 Å². The maximum atomic E-state index is 11.6. The molecule has 0 amide bonds. The molecule has 3 heteroatoms. The zero-order chi connectivity index (χ0) is 10.8. The zero-order valence-electron chi connectivity index (χ0n) is 9.91. The molecule has 0 bridgehead atoms. The smallest absolute Gasteiger partial charge is 0.137 e. The van der Waals surface area contributed by atoms with Gasteiger partial charge in [0.2, 0.25) is 0 Å². The van der Waals surface area contributed by atoms with Crippen molar-refractivity contribution >= 4 is 5.78 Å². The van der Waals surface area contributed by atoms with E-state index in [0.717, 1.165) is 45.4 Å². The molecule has 15 heavy (non-hydrogen) atoms. The number of hydrogen-bond donors (Lipinski definition) is 0. The first-order chi connectivity index (χ1) is 7.16. The molecule has 2 atom stereocenters. The lowest BCUT2D eigenvalue weighted by atomic mass is 10.0. The molecule has 0 aromatic carbocycles. The summed E-state index contributed by atoms with van der Waals surface area (Å²) >= 11 is 0. The third kappa shape index (κ3) is 2.58. The molecular weight excluding hydrogens is 188 g/mol. The van der Waals surface area contributed by atoms with E-state index < -0.39 is 0 Å². The van der Waals surface area contributed by atoms with Crippen molar-refractivity contribution in [3.63, 3.8) is 0 Å². The van der Waals surface area contributed by atoms with Crippen molar-refractivity contribution in [2.75, 3.05) is 33.2 Å². The molecular formula is C12H22N2O. The summed E-state index contributed by atoms with van der Waals surface area (Å²) in [5, 5.41) is 0. The Labute approximate surface area is 92.4 Å². The largest absolute Gasteiger partial charge is 0.304 e. The number of nitrogens with zero attached hydrogens (tertiary/aromatic N) is 2. The van der Waals surface area contributed by atoms with Gasteiger partial charge in [0.15, 0.2) is 0 Å². The molecule has 2 fully saturated rings. The van der Waals surface area contributed by atoms with Crippen molar-refractivity contribution in [2.24, 2.45) is 5.92 Å². The van der Waals surface area contributed by atoms with Crippen LogP contribution in [0.4, 0.5) is 0 Å². The van der Waals surface area contributed by atoms with Crippen LogP contribution < -0.4 is 0 Å². The number of hydrogen-bond acceptors (Lipinski definition) is 3. The topological polar surface area (TPSA) is 23.6 Å². The van der Waals surface area contributed by atoms with E-state index >= 15 is 0 Å². The molecule has 86 valence electrons. The van der Waals surface area contributed by atoms with Gasteiger partial charge in [-0.3, -0.25) is 9.69 Å². The Morgan fingerprint density at radius 1 is 1.40 bits per heavy atom. The minimum Gasteiger partial charge on any atom is -0.304 e. The van der Waals surface area contributed by atoms with Crippen molar-refractivity contribution < 1.29 is 4.79 Å². The Morgan fingerprint density at radius 2 is 2.20 bits per heavy atom. The SMILES string of the molecule is CC1CN(C)CCN1CC1CCCC1=O. The van der Waals surface area contributed by atoms with Gasteiger partial charge in [-0.05, 0) is 26.8 Å². The van der Waals surface area contributed by atoms with Crippen LogP contribution in [0.1, 0.15) is 26.2 Å². The molecule has 0 aromatic heterocycles. The highest BCUT2D eigenvalue weighted by molar-refractivity contribution is 5.83. The molecule has 0 spiro atoms. The third-order valence-corrected chi connectivity index (χ3v) is 3.85. The summed E-state index contributed by atoms with van der Waals surface area (Å²) in [6, 6.07) is 0.608. The van der Waals surface area contributed by atoms with E-state index in [9.17, 15) is 4.79 Å². The fraction of sp³-hybridized carbons (Fsp3) is 0.917. The number of carbonyl (C=O) groups excluding carboxylic acids is 1. The second-order valence-corrected chi connectivity index (χ2v) is 5.16. The van der Waals surface area contributed by atoms with E-state index in [1.54, 1.807) is 0 Å². The lowest BCUT2D eigenvalue weighted by Gasteiger charge is -2.39. The maximum absolute atomic E-state index is 11.6. The van der Waals surface area contributed by atoms with Crippen LogP contribution in [-0.2, 0) is 4.79 Å². The van der Waals surface area contributed by atoms with Gasteiger partial charge >= 0.3 is 0 Å². The first kappa shape index (κ1) is 11.1. The van der Waals surface area contributed by atoms with Gasteiger partial charge in [-0.2, -0.15) is 0 Å². The molecule has 3 nitrogen and oxygen atoms in total. The number of ketones is 1. The van der Waals surface area contributed by atoms with Gasteiger partial charge in [-0.1, -0.05) is 0 Å². The van der Waals surface area contributed by atoms with Gasteiger partial charge in [0.1, 0.15) is 5.78 Å². The molecule has 1 heterocycles. The van der Waals surface area contributed by atoms with Crippen LogP contribution in [0.3, 0.4) is 0 Å². The normalized spacial score (nSPS) is 34.9. The quantitative estimate of drug-likeness (QED) is 0.679. The second-order valence-electron chi connectivity index (χ2n) is 5.16. The summed E-state index contributed by atoms with van der Waals surface area (Å²) in [6.07, 6.45) is 3.07. The van der Waals surface area contributed by atoms with E-state index in [1.807, 2.05) is 0 Å². The fourth-order valence-corrected chi connectivity index (χ4v) is 2.81. The monoisotopic (exact) mass is 210 g/mol. The van der Waals surface area contributed by atoms with Crippen molar-refractivity contribution in [3.05, 3.63) is 0 Å². The first-order valence-corrected chi connectivity index (χ1v) is 6.12. The van der Waals surface area contributed by atoms with E-state index in [-0.39, 0.29) is 0 Å². The van der Waals surface area contributed by atoms with Gasteiger partial charge in [0.05, 0.1) is 0 Å². The summed E-state index contributed by atoms with van der Waals surface area (Å²) in [6.45, 7) is 6.69. The van der Waals surface area contributed by atoms with Crippen molar-refractivity contribution in [1.82, 2.24) is 9.80 Å². The van der Waals surface area contributed by atoms with Gasteiger partial charge in [0, 0.05) is 44.6 Å². The van der Waals surface area contributed by atoms with Gasteiger partial charge in [-0.15, -0.1) is 0 Å². The van der Waals surface area contributed by atoms with Gasteiger partial charge < -0.3 is 4.90 Å². The maximum Gasteiger partial charge on any atom is 0.137 e. The van der Waals surface area contributed by atoms with E-state index in [2.05, 4.69) is 23.8 Å². The molecule has 2 rings (SSSR count). The standard InChI is InChI=1S/C12H22N2O/c1-10-8-13(2)6-7-14(10)9-11-4-3-5-12(11)15/h10-11H,3-9H2,1-2H3. The van der Waals surface area contributed by atoms with Crippen molar-refractivity contribution in [2.45, 2.75) is 32.2 Å². The Kier molecular flexibility index (Phi) is 3.42. The van der Waals surface area contributed by atoms with E-state index in [4.69, 9.17) is 0 Å².